The normalized spacial score (nSPS) is 12.4. The smallest absolute Gasteiger partial charge is 0.0479 e. The van der Waals surface area contributed by atoms with Gasteiger partial charge in [0.1, 0.15) is 0 Å². The van der Waals surface area contributed by atoms with Crippen molar-refractivity contribution in [1.82, 2.24) is 4.98 Å². The van der Waals surface area contributed by atoms with E-state index in [1.165, 1.54) is 16.7 Å². The number of aromatic nitrogens is 1. The van der Waals surface area contributed by atoms with E-state index in [1.54, 1.807) is 0 Å². The number of hydrogen-bond donors (Lipinski definition) is 1. The van der Waals surface area contributed by atoms with E-state index in [1.807, 2.05) is 24.4 Å². The Morgan fingerprint density at radius 1 is 1.21 bits per heavy atom. The lowest BCUT2D eigenvalue weighted by Gasteiger charge is -2.18. The van der Waals surface area contributed by atoms with Gasteiger partial charge in [-0.1, -0.05) is 23.7 Å². The maximum atomic E-state index is 6.07. The quantitative estimate of drug-likeness (QED) is 0.925. The summed E-state index contributed by atoms with van der Waals surface area (Å²) in [5, 5.41) is 0.772. The molecule has 0 aliphatic heterocycles. The van der Waals surface area contributed by atoms with Crippen LogP contribution in [0.25, 0.3) is 0 Å². The lowest BCUT2D eigenvalue weighted by atomic mass is 9.91. The maximum Gasteiger partial charge on any atom is 0.0479 e. The number of rotatable bonds is 4. The van der Waals surface area contributed by atoms with Crippen LogP contribution in [0.1, 0.15) is 28.3 Å². The molecule has 1 aromatic heterocycles. The van der Waals surface area contributed by atoms with Gasteiger partial charge in [-0.25, -0.2) is 0 Å². The lowest BCUT2D eigenvalue weighted by molar-refractivity contribution is 0.665. The molecule has 0 radical (unpaired) electrons. The molecule has 1 aromatic carbocycles. The molecule has 3 heteroatoms. The van der Waals surface area contributed by atoms with Crippen LogP contribution in [0.4, 0.5) is 0 Å². The van der Waals surface area contributed by atoms with Crippen molar-refractivity contribution in [3.05, 3.63) is 63.9 Å². The van der Waals surface area contributed by atoms with Gasteiger partial charge in [0.15, 0.2) is 0 Å². The highest BCUT2D eigenvalue weighted by Crippen LogP contribution is 2.24. The van der Waals surface area contributed by atoms with Crippen molar-refractivity contribution in [1.29, 1.82) is 0 Å². The van der Waals surface area contributed by atoms with Gasteiger partial charge in [0.2, 0.25) is 0 Å². The zero-order valence-corrected chi connectivity index (χ0v) is 12.1. The second-order valence-electron chi connectivity index (χ2n) is 4.91. The number of aryl methyl sites for hydroxylation is 2. The average Bonchev–Trinajstić information content (AvgIpc) is 2.41. The fourth-order valence-corrected chi connectivity index (χ4v) is 2.54. The van der Waals surface area contributed by atoms with Crippen molar-refractivity contribution in [2.45, 2.75) is 26.2 Å². The molecule has 0 fully saturated rings. The van der Waals surface area contributed by atoms with Crippen LogP contribution < -0.4 is 5.73 Å². The molecular formula is C16H19ClN2. The predicted molar refractivity (Wildman–Crippen MR) is 80.7 cm³/mol. The Balaban J connectivity index is 2.29. The lowest BCUT2D eigenvalue weighted by Crippen LogP contribution is -2.17. The molecule has 0 spiro atoms. The second-order valence-corrected chi connectivity index (χ2v) is 5.35. The average molecular weight is 275 g/mol. The Bertz CT molecular complexity index is 566. The first-order valence-corrected chi connectivity index (χ1v) is 6.86. The molecule has 2 N–H and O–H groups in total. The molecule has 1 atom stereocenters. The Hall–Kier alpha value is -1.38. The van der Waals surface area contributed by atoms with Crippen LogP contribution in [0.2, 0.25) is 5.02 Å². The van der Waals surface area contributed by atoms with E-state index in [0.29, 0.717) is 6.54 Å². The van der Waals surface area contributed by atoms with Gasteiger partial charge in [-0.05, 0) is 55.2 Å². The summed E-state index contributed by atoms with van der Waals surface area (Å²) in [6, 6.07) is 10.0. The highest BCUT2D eigenvalue weighted by Gasteiger charge is 2.15. The topological polar surface area (TPSA) is 38.9 Å². The summed E-state index contributed by atoms with van der Waals surface area (Å²) >= 11 is 6.07. The molecule has 1 heterocycles. The first-order chi connectivity index (χ1) is 9.11. The largest absolute Gasteiger partial charge is 0.330 e. The van der Waals surface area contributed by atoms with E-state index >= 15 is 0 Å². The van der Waals surface area contributed by atoms with E-state index in [2.05, 4.69) is 31.0 Å². The monoisotopic (exact) mass is 274 g/mol. The second kappa shape index (κ2) is 6.18. The zero-order chi connectivity index (χ0) is 13.8. The van der Waals surface area contributed by atoms with Crippen LogP contribution in [0.3, 0.4) is 0 Å². The van der Waals surface area contributed by atoms with Crippen LogP contribution in [0, 0.1) is 13.8 Å². The molecule has 2 nitrogen and oxygen atoms in total. The minimum atomic E-state index is 0.235. The summed E-state index contributed by atoms with van der Waals surface area (Å²) in [7, 11) is 0. The van der Waals surface area contributed by atoms with Crippen LogP contribution in [0.5, 0.6) is 0 Å². The summed E-state index contributed by atoms with van der Waals surface area (Å²) in [4.78, 5) is 4.48. The number of hydrogen-bond acceptors (Lipinski definition) is 2. The van der Waals surface area contributed by atoms with E-state index in [9.17, 15) is 0 Å². The fraction of sp³-hybridized carbons (Fsp3) is 0.312. The first kappa shape index (κ1) is 14.0. The van der Waals surface area contributed by atoms with Crippen LogP contribution in [0.15, 0.2) is 36.5 Å². The van der Waals surface area contributed by atoms with Gasteiger partial charge >= 0.3 is 0 Å². The van der Waals surface area contributed by atoms with Gasteiger partial charge in [0, 0.05) is 29.4 Å². The van der Waals surface area contributed by atoms with Gasteiger partial charge in [-0.15, -0.1) is 0 Å². The zero-order valence-electron chi connectivity index (χ0n) is 11.4. The maximum absolute atomic E-state index is 6.07. The molecule has 0 unspecified atom stereocenters. The third kappa shape index (κ3) is 3.34. The Kier molecular flexibility index (Phi) is 4.56. The molecule has 0 saturated heterocycles. The van der Waals surface area contributed by atoms with Crippen LogP contribution in [-0.4, -0.2) is 11.5 Å². The standard InChI is InChI=1S/C16H19ClN2/c1-11-5-6-15(17)9-13(11)8-14(10-18)16-12(2)4-3-7-19-16/h3-7,9,14H,8,10,18H2,1-2H3/t14-/m0/s1. The van der Waals surface area contributed by atoms with Crippen LogP contribution in [-0.2, 0) is 6.42 Å². The van der Waals surface area contributed by atoms with Crippen molar-refractivity contribution in [3.63, 3.8) is 0 Å². The number of nitrogens with two attached hydrogens (primary N) is 1. The molecule has 0 saturated carbocycles. The van der Waals surface area contributed by atoms with Crippen molar-refractivity contribution < 1.29 is 0 Å². The van der Waals surface area contributed by atoms with Gasteiger partial charge in [-0.3, -0.25) is 4.98 Å². The number of pyridine rings is 1. The molecule has 2 aromatic rings. The van der Waals surface area contributed by atoms with E-state index in [4.69, 9.17) is 17.3 Å². The Morgan fingerprint density at radius 2 is 2.00 bits per heavy atom. The molecular weight excluding hydrogens is 256 g/mol. The fourth-order valence-electron chi connectivity index (χ4n) is 2.34. The first-order valence-electron chi connectivity index (χ1n) is 6.48. The van der Waals surface area contributed by atoms with Crippen molar-refractivity contribution in [2.24, 2.45) is 5.73 Å². The highest BCUT2D eigenvalue weighted by molar-refractivity contribution is 6.30. The SMILES string of the molecule is Cc1ccc(Cl)cc1C[C@@H](CN)c1ncccc1C. The van der Waals surface area contributed by atoms with E-state index in [0.717, 1.165) is 17.1 Å². The summed E-state index contributed by atoms with van der Waals surface area (Å²) in [5.41, 5.74) is 10.7. The molecule has 0 bridgehead atoms. The summed E-state index contributed by atoms with van der Waals surface area (Å²) in [6.45, 7) is 4.77. The van der Waals surface area contributed by atoms with Crippen molar-refractivity contribution >= 4 is 11.6 Å². The summed E-state index contributed by atoms with van der Waals surface area (Å²) < 4.78 is 0. The molecule has 0 amide bonds. The Morgan fingerprint density at radius 3 is 2.68 bits per heavy atom. The van der Waals surface area contributed by atoms with E-state index in [-0.39, 0.29) is 5.92 Å². The third-order valence-electron chi connectivity index (χ3n) is 3.50. The molecule has 2 rings (SSSR count). The molecule has 100 valence electrons. The minimum Gasteiger partial charge on any atom is -0.330 e. The van der Waals surface area contributed by atoms with Gasteiger partial charge < -0.3 is 5.73 Å². The van der Waals surface area contributed by atoms with Gasteiger partial charge in [0.05, 0.1) is 0 Å². The predicted octanol–water partition coefficient (Wildman–Crippen LogP) is 3.64. The van der Waals surface area contributed by atoms with E-state index < -0.39 is 0 Å². The van der Waals surface area contributed by atoms with Crippen molar-refractivity contribution in [2.75, 3.05) is 6.54 Å². The number of halogens is 1. The minimum absolute atomic E-state index is 0.235. The summed E-state index contributed by atoms with van der Waals surface area (Å²) in [5.74, 6) is 0.235. The van der Waals surface area contributed by atoms with Gasteiger partial charge in [0.25, 0.3) is 0 Å². The number of benzene rings is 1. The third-order valence-corrected chi connectivity index (χ3v) is 3.73. The van der Waals surface area contributed by atoms with Crippen molar-refractivity contribution in [3.8, 4) is 0 Å². The molecule has 0 aliphatic carbocycles. The number of nitrogens with zero attached hydrogens (tertiary/aromatic N) is 1. The Labute approximate surface area is 119 Å². The van der Waals surface area contributed by atoms with Gasteiger partial charge in [-0.2, -0.15) is 0 Å². The molecule has 19 heavy (non-hydrogen) atoms. The summed E-state index contributed by atoms with van der Waals surface area (Å²) in [6.07, 6.45) is 2.70. The molecule has 0 aliphatic rings. The van der Waals surface area contributed by atoms with Crippen LogP contribution >= 0.6 is 11.6 Å². The highest BCUT2D eigenvalue weighted by atomic mass is 35.5.